The molecule has 22 heavy (non-hydrogen) atoms. The molecule has 1 N–H and O–H groups in total. The van der Waals surface area contributed by atoms with Crippen LogP contribution in [0.3, 0.4) is 0 Å². The minimum absolute atomic E-state index is 0.176. The fraction of sp³-hybridized carbons (Fsp3) is 0.500. The number of hydrogen-bond acceptors (Lipinski definition) is 4. The summed E-state index contributed by atoms with van der Waals surface area (Å²) in [7, 11) is 0. The Labute approximate surface area is 125 Å². The number of amides is 1. The van der Waals surface area contributed by atoms with Crippen molar-refractivity contribution >= 4 is 11.6 Å². The number of carbonyl (C=O) groups excluding carboxylic acids is 1. The van der Waals surface area contributed by atoms with Gasteiger partial charge in [0.25, 0.3) is 0 Å². The molecule has 3 atom stereocenters. The molecule has 1 saturated carbocycles. The first-order valence-corrected chi connectivity index (χ1v) is 7.09. The van der Waals surface area contributed by atoms with Crippen molar-refractivity contribution in [2.24, 2.45) is 5.92 Å². The van der Waals surface area contributed by atoms with Gasteiger partial charge >= 0.3 is 0 Å². The average molecular weight is 311 g/mol. The van der Waals surface area contributed by atoms with E-state index in [4.69, 9.17) is 0 Å². The lowest BCUT2D eigenvalue weighted by Crippen LogP contribution is -2.39. The van der Waals surface area contributed by atoms with Gasteiger partial charge in [-0.1, -0.05) is 0 Å². The third kappa shape index (κ3) is 2.86. The topological polar surface area (TPSA) is 75.5 Å². The van der Waals surface area contributed by atoms with E-state index in [2.05, 4.69) is 5.32 Å². The molecule has 8 heteroatoms. The smallest absolute Gasteiger partial charge is 0.230 e. The van der Waals surface area contributed by atoms with Crippen molar-refractivity contribution in [2.75, 3.05) is 18.0 Å². The highest BCUT2D eigenvalue weighted by Crippen LogP contribution is 2.33. The van der Waals surface area contributed by atoms with Crippen LogP contribution in [-0.2, 0) is 4.79 Å². The van der Waals surface area contributed by atoms with Crippen LogP contribution in [0.25, 0.3) is 0 Å². The molecule has 118 valence electrons. The molecule has 0 unspecified atom stereocenters. The van der Waals surface area contributed by atoms with E-state index >= 15 is 0 Å². The van der Waals surface area contributed by atoms with Crippen LogP contribution in [0.15, 0.2) is 18.2 Å². The summed E-state index contributed by atoms with van der Waals surface area (Å²) < 4.78 is 26.6. The number of anilines is 1. The third-order valence-electron chi connectivity index (χ3n) is 4.15. The number of hydrogen-bond donors (Lipinski definition) is 1. The molecule has 1 aliphatic carbocycles. The first-order valence-electron chi connectivity index (χ1n) is 7.09. The van der Waals surface area contributed by atoms with Crippen molar-refractivity contribution in [1.29, 1.82) is 0 Å². The average Bonchev–Trinajstić information content (AvgIpc) is 3.14. The van der Waals surface area contributed by atoms with E-state index in [1.54, 1.807) is 4.90 Å². The SMILES string of the molecule is O=C(N[C@@H]1CCN(c2ccc(F)cc2F)C1)[C@H]1C[C@H]1[N+](=O)[O-]. The van der Waals surface area contributed by atoms with Gasteiger partial charge in [0.2, 0.25) is 11.9 Å². The molecule has 2 fully saturated rings. The number of benzene rings is 1. The second-order valence-corrected chi connectivity index (χ2v) is 5.73. The first kappa shape index (κ1) is 14.7. The first-order chi connectivity index (χ1) is 10.5. The second-order valence-electron chi connectivity index (χ2n) is 5.73. The summed E-state index contributed by atoms with van der Waals surface area (Å²) in [5, 5.41) is 13.3. The van der Waals surface area contributed by atoms with Crippen molar-refractivity contribution in [3.05, 3.63) is 39.9 Å². The lowest BCUT2D eigenvalue weighted by molar-refractivity contribution is -0.497. The summed E-state index contributed by atoms with van der Waals surface area (Å²) in [6.45, 7) is 0.945. The molecule has 6 nitrogen and oxygen atoms in total. The predicted molar refractivity (Wildman–Crippen MR) is 74.0 cm³/mol. The molecular formula is C14H15F2N3O3. The highest BCUT2D eigenvalue weighted by Gasteiger charge is 2.53. The van der Waals surface area contributed by atoms with Crippen LogP contribution in [0.1, 0.15) is 12.8 Å². The number of rotatable bonds is 4. The van der Waals surface area contributed by atoms with Crippen molar-refractivity contribution in [2.45, 2.75) is 24.9 Å². The van der Waals surface area contributed by atoms with Crippen molar-refractivity contribution < 1.29 is 18.5 Å². The van der Waals surface area contributed by atoms with E-state index in [-0.39, 0.29) is 18.4 Å². The molecule has 1 aromatic carbocycles. The maximum absolute atomic E-state index is 13.7. The monoisotopic (exact) mass is 311 g/mol. The number of nitro groups is 1. The standard InChI is InChI=1S/C14H15F2N3O3/c15-8-1-2-12(11(16)5-8)18-4-3-9(7-18)17-14(20)10-6-13(10)19(21)22/h1-2,5,9-10,13H,3-4,6-7H2,(H,17,20)/t9-,10+,13-/m1/s1. The van der Waals surface area contributed by atoms with Crippen molar-refractivity contribution in [1.82, 2.24) is 5.32 Å². The van der Waals surface area contributed by atoms with Crippen LogP contribution in [0.4, 0.5) is 14.5 Å². The van der Waals surface area contributed by atoms with E-state index in [1.807, 2.05) is 0 Å². The molecule has 1 saturated heterocycles. The maximum atomic E-state index is 13.7. The van der Waals surface area contributed by atoms with Gasteiger partial charge < -0.3 is 10.2 Å². The summed E-state index contributed by atoms with van der Waals surface area (Å²) in [6, 6.07) is 2.44. The van der Waals surface area contributed by atoms with Crippen molar-refractivity contribution in [3.8, 4) is 0 Å². The molecule has 1 heterocycles. The van der Waals surface area contributed by atoms with Crippen LogP contribution < -0.4 is 10.2 Å². The fourth-order valence-corrected chi connectivity index (χ4v) is 2.84. The second kappa shape index (κ2) is 5.51. The Morgan fingerprint density at radius 2 is 2.18 bits per heavy atom. The zero-order valence-electron chi connectivity index (χ0n) is 11.7. The largest absolute Gasteiger partial charge is 0.367 e. The van der Waals surface area contributed by atoms with E-state index in [0.29, 0.717) is 25.2 Å². The molecule has 0 spiro atoms. The van der Waals surface area contributed by atoms with Gasteiger partial charge in [0, 0.05) is 36.5 Å². The normalized spacial score (nSPS) is 26.8. The molecule has 1 aliphatic heterocycles. The fourth-order valence-electron chi connectivity index (χ4n) is 2.84. The molecule has 0 bridgehead atoms. The van der Waals surface area contributed by atoms with Crippen molar-refractivity contribution in [3.63, 3.8) is 0 Å². The number of carbonyl (C=O) groups is 1. The Morgan fingerprint density at radius 1 is 1.41 bits per heavy atom. The van der Waals surface area contributed by atoms with Crippen LogP contribution in [0.5, 0.6) is 0 Å². The Hall–Kier alpha value is -2.25. The summed E-state index contributed by atoms with van der Waals surface area (Å²) in [4.78, 5) is 23.7. The Morgan fingerprint density at radius 3 is 2.82 bits per heavy atom. The summed E-state index contributed by atoms with van der Waals surface area (Å²) in [5.41, 5.74) is 0.299. The Kier molecular flexibility index (Phi) is 3.67. The number of halogens is 2. The van der Waals surface area contributed by atoms with Gasteiger partial charge in [-0.3, -0.25) is 14.9 Å². The van der Waals surface area contributed by atoms with E-state index in [0.717, 1.165) is 6.07 Å². The van der Waals surface area contributed by atoms with Gasteiger partial charge in [-0.15, -0.1) is 0 Å². The van der Waals surface area contributed by atoms with Gasteiger partial charge in [-0.2, -0.15) is 0 Å². The predicted octanol–water partition coefficient (Wildman–Crippen LogP) is 1.32. The lowest BCUT2D eigenvalue weighted by atomic mass is 10.2. The van der Waals surface area contributed by atoms with Gasteiger partial charge in [0.05, 0.1) is 5.69 Å². The lowest BCUT2D eigenvalue weighted by Gasteiger charge is -2.19. The minimum Gasteiger partial charge on any atom is -0.367 e. The van der Waals surface area contributed by atoms with E-state index in [9.17, 15) is 23.7 Å². The Balaban J connectivity index is 1.56. The van der Waals surface area contributed by atoms with Gasteiger partial charge in [0.15, 0.2) is 0 Å². The number of nitrogens with one attached hydrogen (secondary N) is 1. The van der Waals surface area contributed by atoms with Gasteiger partial charge in [-0.25, -0.2) is 8.78 Å². The van der Waals surface area contributed by atoms with E-state index < -0.39 is 28.5 Å². The molecule has 0 radical (unpaired) electrons. The van der Waals surface area contributed by atoms with Crippen LogP contribution in [-0.4, -0.2) is 36.0 Å². The summed E-state index contributed by atoms with van der Waals surface area (Å²) in [6.07, 6.45) is 0.903. The van der Waals surface area contributed by atoms with Gasteiger partial charge in [-0.05, 0) is 18.6 Å². The molecule has 0 aromatic heterocycles. The summed E-state index contributed by atoms with van der Waals surface area (Å²) >= 11 is 0. The number of nitrogens with zero attached hydrogens (tertiary/aromatic N) is 2. The highest BCUT2D eigenvalue weighted by molar-refractivity contribution is 5.82. The molecular weight excluding hydrogens is 296 g/mol. The maximum Gasteiger partial charge on any atom is 0.230 e. The minimum atomic E-state index is -0.771. The van der Waals surface area contributed by atoms with E-state index in [1.165, 1.54) is 12.1 Å². The molecule has 1 amide bonds. The molecule has 1 aromatic rings. The quantitative estimate of drug-likeness (QED) is 0.672. The zero-order chi connectivity index (χ0) is 15.9. The van der Waals surface area contributed by atoms with Crippen LogP contribution in [0.2, 0.25) is 0 Å². The summed E-state index contributed by atoms with van der Waals surface area (Å²) in [5.74, 6) is -2.13. The zero-order valence-corrected chi connectivity index (χ0v) is 11.7. The van der Waals surface area contributed by atoms with Crippen LogP contribution in [0, 0.1) is 27.7 Å². The van der Waals surface area contributed by atoms with Crippen LogP contribution >= 0.6 is 0 Å². The molecule has 3 rings (SSSR count). The molecule has 2 aliphatic rings. The highest BCUT2D eigenvalue weighted by atomic mass is 19.1. The third-order valence-corrected chi connectivity index (χ3v) is 4.15. The van der Waals surface area contributed by atoms with Gasteiger partial charge in [0.1, 0.15) is 17.6 Å². The Bertz CT molecular complexity index is 625.